The zero-order valence-electron chi connectivity index (χ0n) is 20.8. The molecule has 3 aromatic heterocycles. The van der Waals surface area contributed by atoms with Crippen LogP contribution in [-0.2, 0) is 11.3 Å². The smallest absolute Gasteiger partial charge is 0.387 e. The molecule has 1 aliphatic heterocycles. The topological polar surface area (TPSA) is 111 Å². The van der Waals surface area contributed by atoms with Gasteiger partial charge < -0.3 is 20.1 Å². The molecule has 1 saturated heterocycles. The van der Waals surface area contributed by atoms with Gasteiger partial charge in [0.15, 0.2) is 5.65 Å². The number of alkyl halides is 2. The number of aromatic nitrogens is 5. The lowest BCUT2D eigenvalue weighted by Crippen LogP contribution is -2.35. The molecule has 0 saturated carbocycles. The monoisotopic (exact) mass is 543 g/mol. The van der Waals surface area contributed by atoms with Gasteiger partial charge in [-0.15, -0.1) is 11.8 Å². The molecule has 10 nitrogen and oxygen atoms in total. The fourth-order valence-electron chi connectivity index (χ4n) is 4.21. The number of hydrogen-bond donors (Lipinski definition) is 2. The Morgan fingerprint density at radius 3 is 2.95 bits per heavy atom. The molecule has 4 aromatic rings. The Labute approximate surface area is 221 Å². The number of hydrogen-bond acceptors (Lipinski definition) is 8. The fourth-order valence-corrected chi connectivity index (χ4v) is 4.65. The van der Waals surface area contributed by atoms with Gasteiger partial charge in [-0.1, -0.05) is 6.92 Å². The molecule has 2 N–H and O–H groups in total. The second-order valence-corrected chi connectivity index (χ2v) is 9.52. The highest BCUT2D eigenvalue weighted by Gasteiger charge is 2.31. The summed E-state index contributed by atoms with van der Waals surface area (Å²) in [6.07, 6.45) is 9.41. The van der Waals surface area contributed by atoms with Gasteiger partial charge in [0.2, 0.25) is 0 Å². The first-order valence-electron chi connectivity index (χ1n) is 12.1. The number of ether oxygens (including phenoxy) is 2. The van der Waals surface area contributed by atoms with E-state index in [-0.39, 0.29) is 23.5 Å². The minimum absolute atomic E-state index is 0.0359. The molecule has 5 rings (SSSR count). The number of anilines is 1. The highest BCUT2D eigenvalue weighted by atomic mass is 32.2. The number of amides is 1. The van der Waals surface area contributed by atoms with Gasteiger partial charge in [0.25, 0.3) is 5.91 Å². The second kappa shape index (κ2) is 11.5. The van der Waals surface area contributed by atoms with Crippen LogP contribution in [0.1, 0.15) is 23.7 Å². The Morgan fingerprint density at radius 1 is 1.37 bits per heavy atom. The van der Waals surface area contributed by atoms with Crippen molar-refractivity contribution < 1.29 is 23.0 Å². The second-order valence-electron chi connectivity index (χ2n) is 8.64. The highest BCUT2D eigenvalue weighted by molar-refractivity contribution is 7.98. The van der Waals surface area contributed by atoms with Gasteiger partial charge >= 0.3 is 6.61 Å². The molecule has 13 heteroatoms. The summed E-state index contributed by atoms with van der Waals surface area (Å²) in [4.78, 5) is 18.3. The van der Waals surface area contributed by atoms with Crippen LogP contribution in [0.2, 0.25) is 0 Å². The molecule has 0 radical (unpaired) electrons. The van der Waals surface area contributed by atoms with Crippen molar-refractivity contribution in [3.05, 3.63) is 54.6 Å². The van der Waals surface area contributed by atoms with Crippen LogP contribution >= 0.6 is 11.8 Å². The highest BCUT2D eigenvalue weighted by Crippen LogP contribution is 2.37. The Bertz CT molecular complexity index is 1420. The van der Waals surface area contributed by atoms with Gasteiger partial charge in [0.05, 0.1) is 31.1 Å². The van der Waals surface area contributed by atoms with E-state index in [9.17, 15) is 13.6 Å². The molecule has 38 heavy (non-hydrogen) atoms. The van der Waals surface area contributed by atoms with E-state index in [2.05, 4.69) is 32.7 Å². The molecule has 1 aliphatic rings. The van der Waals surface area contributed by atoms with Crippen LogP contribution in [0.25, 0.3) is 16.9 Å². The molecule has 200 valence electrons. The largest absolute Gasteiger partial charge is 0.434 e. The first kappa shape index (κ1) is 26.1. The first-order valence-corrected chi connectivity index (χ1v) is 13.3. The third kappa shape index (κ3) is 5.79. The van der Waals surface area contributed by atoms with Crippen LogP contribution in [-0.4, -0.2) is 68.5 Å². The lowest BCUT2D eigenvalue weighted by molar-refractivity contribution is -0.0494. The van der Waals surface area contributed by atoms with Crippen LogP contribution in [0.4, 0.5) is 14.5 Å². The van der Waals surface area contributed by atoms with Crippen molar-refractivity contribution in [3.8, 4) is 17.0 Å². The van der Waals surface area contributed by atoms with Crippen LogP contribution in [0.5, 0.6) is 5.75 Å². The Balaban J connectivity index is 1.47. The van der Waals surface area contributed by atoms with Crippen molar-refractivity contribution in [1.29, 1.82) is 0 Å². The summed E-state index contributed by atoms with van der Waals surface area (Å²) < 4.78 is 39.8. The maximum absolute atomic E-state index is 13.3. The molecule has 4 heterocycles. The molecule has 0 bridgehead atoms. The van der Waals surface area contributed by atoms with Crippen molar-refractivity contribution in [2.75, 3.05) is 24.7 Å². The van der Waals surface area contributed by atoms with Gasteiger partial charge in [-0.2, -0.15) is 19.0 Å². The third-order valence-electron chi connectivity index (χ3n) is 6.19. The predicted molar refractivity (Wildman–Crippen MR) is 139 cm³/mol. The standard InChI is InChI=1S/C25H27F2N7O3S/c1-3-18(21-14-36-21)28-8-10-33-13-19(31-24(35)17-12-30-34-9-4-7-29-23(17)34)22(32-33)16-11-15(38-2)5-6-20(16)37-25(26)27/h4-7,9,11-13,18,21,25,28H,3,8,10,14H2,1-2H3,(H,31,35)/t18-,21?/m1/s1. The lowest BCUT2D eigenvalue weighted by atomic mass is 10.1. The summed E-state index contributed by atoms with van der Waals surface area (Å²) in [6.45, 7) is 0.925. The van der Waals surface area contributed by atoms with E-state index in [4.69, 9.17) is 9.47 Å². The first-order chi connectivity index (χ1) is 18.5. The van der Waals surface area contributed by atoms with E-state index in [1.54, 1.807) is 41.5 Å². The third-order valence-corrected chi connectivity index (χ3v) is 6.91. The van der Waals surface area contributed by atoms with E-state index in [1.807, 2.05) is 6.26 Å². The van der Waals surface area contributed by atoms with Gasteiger partial charge in [-0.25, -0.2) is 9.50 Å². The zero-order chi connectivity index (χ0) is 26.6. The molecule has 0 spiro atoms. The summed E-state index contributed by atoms with van der Waals surface area (Å²) in [5.41, 5.74) is 1.66. The number of benzene rings is 1. The summed E-state index contributed by atoms with van der Waals surface area (Å²) in [6, 6.07) is 6.85. The van der Waals surface area contributed by atoms with Crippen molar-refractivity contribution in [3.63, 3.8) is 0 Å². The van der Waals surface area contributed by atoms with E-state index in [0.29, 0.717) is 35.7 Å². The average molecular weight is 544 g/mol. The van der Waals surface area contributed by atoms with Gasteiger partial charge in [-0.3, -0.25) is 9.48 Å². The van der Waals surface area contributed by atoms with Crippen molar-refractivity contribution >= 4 is 29.0 Å². The van der Waals surface area contributed by atoms with Crippen molar-refractivity contribution in [2.45, 2.75) is 43.5 Å². The van der Waals surface area contributed by atoms with Gasteiger partial charge in [-0.05, 0) is 36.9 Å². The zero-order valence-corrected chi connectivity index (χ0v) is 21.6. The number of thioether (sulfide) groups is 1. The maximum Gasteiger partial charge on any atom is 0.387 e. The summed E-state index contributed by atoms with van der Waals surface area (Å²) in [5, 5.41) is 15.2. The number of fused-ring (bicyclic) bond motifs is 1. The summed E-state index contributed by atoms with van der Waals surface area (Å²) >= 11 is 1.45. The molecular formula is C25H27F2N7O3S. The van der Waals surface area contributed by atoms with E-state index in [0.717, 1.165) is 17.9 Å². The Kier molecular flexibility index (Phi) is 7.86. The average Bonchev–Trinajstić information content (AvgIpc) is 3.54. The predicted octanol–water partition coefficient (Wildman–Crippen LogP) is 3.94. The van der Waals surface area contributed by atoms with E-state index >= 15 is 0 Å². The van der Waals surface area contributed by atoms with Crippen molar-refractivity contribution in [1.82, 2.24) is 29.7 Å². The SMILES string of the molecule is CC[C@@H](NCCn1cc(NC(=O)c2cnn3cccnc23)c(-c2cc(SC)ccc2OC(F)F)n1)C1CO1. The Morgan fingerprint density at radius 2 is 2.21 bits per heavy atom. The number of rotatable bonds is 12. The Hall–Kier alpha value is -3.55. The van der Waals surface area contributed by atoms with Crippen LogP contribution in [0.15, 0.2) is 53.9 Å². The van der Waals surface area contributed by atoms with Crippen LogP contribution in [0, 0.1) is 0 Å². The van der Waals surface area contributed by atoms with Crippen LogP contribution in [0.3, 0.4) is 0 Å². The molecular weight excluding hydrogens is 516 g/mol. The van der Waals surface area contributed by atoms with E-state index < -0.39 is 12.5 Å². The number of nitrogens with one attached hydrogen (secondary N) is 2. The summed E-state index contributed by atoms with van der Waals surface area (Å²) in [7, 11) is 0. The molecule has 1 aromatic carbocycles. The van der Waals surface area contributed by atoms with Crippen LogP contribution < -0.4 is 15.4 Å². The normalized spacial score (nSPS) is 15.7. The fraction of sp³-hybridized carbons (Fsp3) is 0.360. The summed E-state index contributed by atoms with van der Waals surface area (Å²) in [5.74, 6) is -0.488. The van der Waals surface area contributed by atoms with Crippen molar-refractivity contribution in [2.24, 2.45) is 0 Å². The van der Waals surface area contributed by atoms with Gasteiger partial charge in [0, 0.05) is 41.6 Å². The minimum Gasteiger partial charge on any atom is -0.434 e. The number of halogens is 2. The molecule has 1 fully saturated rings. The molecule has 2 atom stereocenters. The number of nitrogens with zero attached hydrogens (tertiary/aromatic N) is 5. The quantitative estimate of drug-likeness (QED) is 0.204. The van der Waals surface area contributed by atoms with E-state index in [1.165, 1.54) is 28.5 Å². The number of carbonyl (C=O) groups is 1. The maximum atomic E-state index is 13.3. The lowest BCUT2D eigenvalue weighted by Gasteiger charge is -2.14. The molecule has 1 unspecified atom stereocenters. The number of carbonyl (C=O) groups excluding carboxylic acids is 1. The molecule has 0 aliphatic carbocycles. The minimum atomic E-state index is -3.02. The van der Waals surface area contributed by atoms with Gasteiger partial charge in [0.1, 0.15) is 17.0 Å². The number of epoxide rings is 1. The molecule has 1 amide bonds.